The summed E-state index contributed by atoms with van der Waals surface area (Å²) in [5, 5.41) is 0. The molecule has 0 N–H and O–H groups in total. The van der Waals surface area contributed by atoms with E-state index in [0.29, 0.717) is 12.5 Å². The zero-order valence-corrected chi connectivity index (χ0v) is 14.0. The first-order chi connectivity index (χ1) is 12.3. The third kappa shape index (κ3) is 4.44. The van der Waals surface area contributed by atoms with Crippen molar-refractivity contribution >= 4 is 22.6 Å². The predicted octanol–water partition coefficient (Wildman–Crippen LogP) is 4.77. The largest absolute Gasteiger partial charge is 0.463 e. The van der Waals surface area contributed by atoms with Crippen molar-refractivity contribution in [3.8, 4) is 0 Å². The summed E-state index contributed by atoms with van der Waals surface area (Å²) in [5.41, 5.74) is 3.65. The van der Waals surface area contributed by atoms with Crippen LogP contribution in [-0.2, 0) is 9.53 Å². The summed E-state index contributed by atoms with van der Waals surface area (Å²) in [6.07, 6.45) is 15.8. The fraction of sp³-hybridized carbons (Fsp3) is 0.143. The van der Waals surface area contributed by atoms with Gasteiger partial charge in [-0.3, -0.25) is 0 Å². The Kier molecular flexibility index (Phi) is 5.42. The number of allylic oxidation sites excluding steroid dienone is 9. The van der Waals surface area contributed by atoms with Crippen molar-refractivity contribution < 1.29 is 13.9 Å². The van der Waals surface area contributed by atoms with Crippen LogP contribution < -0.4 is 0 Å². The van der Waals surface area contributed by atoms with Gasteiger partial charge in [0.25, 0.3) is 0 Å². The van der Waals surface area contributed by atoms with E-state index in [1.54, 1.807) is 13.0 Å². The number of fused-ring (bicyclic) bond motifs is 1. The molecule has 1 aliphatic carbocycles. The molecule has 1 aromatic carbocycles. The number of esters is 1. The van der Waals surface area contributed by atoms with Crippen LogP contribution in [0.1, 0.15) is 19.2 Å². The van der Waals surface area contributed by atoms with Gasteiger partial charge in [-0.25, -0.2) is 9.78 Å². The molecule has 1 aromatic heterocycles. The fourth-order valence-electron chi connectivity index (χ4n) is 2.41. The van der Waals surface area contributed by atoms with Crippen LogP contribution in [0.4, 0.5) is 0 Å². The molecule has 0 spiro atoms. The molecule has 0 unspecified atom stereocenters. The number of aromatic nitrogens is 1. The molecule has 0 amide bonds. The number of hydrogen-bond donors (Lipinski definition) is 0. The molecule has 0 saturated carbocycles. The average molecular weight is 333 g/mol. The third-order valence-electron chi connectivity index (χ3n) is 3.61. The Bertz CT molecular complexity index is 877. The summed E-state index contributed by atoms with van der Waals surface area (Å²) in [5.74, 6) is 0.288. The number of nitrogens with zero attached hydrogens (tertiary/aromatic N) is 1. The van der Waals surface area contributed by atoms with Gasteiger partial charge in [0.15, 0.2) is 5.58 Å². The van der Waals surface area contributed by atoms with Crippen LogP contribution >= 0.6 is 0 Å². The molecule has 1 aliphatic rings. The van der Waals surface area contributed by atoms with Gasteiger partial charge in [0.1, 0.15) is 5.52 Å². The van der Waals surface area contributed by atoms with Crippen molar-refractivity contribution in [3.05, 3.63) is 84.3 Å². The van der Waals surface area contributed by atoms with Crippen LogP contribution in [0.2, 0.25) is 0 Å². The van der Waals surface area contributed by atoms with E-state index in [4.69, 9.17) is 9.15 Å². The summed E-state index contributed by atoms with van der Waals surface area (Å²) in [7, 11) is 0. The topological polar surface area (TPSA) is 52.3 Å². The minimum atomic E-state index is -0.336. The summed E-state index contributed by atoms with van der Waals surface area (Å²) in [6, 6.07) is 7.73. The van der Waals surface area contributed by atoms with E-state index < -0.39 is 0 Å². The van der Waals surface area contributed by atoms with Gasteiger partial charge in [0.2, 0.25) is 5.89 Å². The van der Waals surface area contributed by atoms with Gasteiger partial charge in [0, 0.05) is 11.6 Å². The number of para-hydroxylation sites is 2. The smallest absolute Gasteiger partial charge is 0.330 e. The maximum atomic E-state index is 11.2. The second kappa shape index (κ2) is 8.11. The van der Waals surface area contributed by atoms with Crippen LogP contribution in [0.3, 0.4) is 0 Å². The summed E-state index contributed by atoms with van der Waals surface area (Å²) >= 11 is 0. The Morgan fingerprint density at radius 2 is 2.12 bits per heavy atom. The van der Waals surface area contributed by atoms with Crippen molar-refractivity contribution in [1.29, 1.82) is 0 Å². The van der Waals surface area contributed by atoms with Gasteiger partial charge >= 0.3 is 5.97 Å². The highest BCUT2D eigenvalue weighted by atomic mass is 16.5. The molecule has 4 heteroatoms. The highest BCUT2D eigenvalue weighted by molar-refractivity contribution is 5.82. The van der Waals surface area contributed by atoms with E-state index in [9.17, 15) is 4.79 Å². The molecule has 3 rings (SSSR count). The molecule has 0 saturated heterocycles. The van der Waals surface area contributed by atoms with Crippen molar-refractivity contribution in [2.45, 2.75) is 13.3 Å². The number of rotatable bonds is 5. The standard InChI is InChI=1S/C21H19NO3/c1-2-24-20(23)13-6-3-8-16-9-7-10-17(15-14-16)21-22-18-11-4-5-12-19(18)25-21/h3-6,8-15H,2,7H2,1H3/b8-3+,13-6+. The molecule has 0 radical (unpaired) electrons. The lowest BCUT2D eigenvalue weighted by atomic mass is 10.2. The molecule has 2 aromatic rings. The summed E-state index contributed by atoms with van der Waals surface area (Å²) < 4.78 is 10.6. The van der Waals surface area contributed by atoms with Gasteiger partial charge < -0.3 is 9.15 Å². The fourth-order valence-corrected chi connectivity index (χ4v) is 2.41. The first-order valence-electron chi connectivity index (χ1n) is 8.22. The number of hydrogen-bond acceptors (Lipinski definition) is 4. The molecule has 25 heavy (non-hydrogen) atoms. The van der Waals surface area contributed by atoms with Crippen LogP contribution in [0.15, 0.2) is 82.9 Å². The quantitative estimate of drug-likeness (QED) is 0.449. The molecule has 0 fully saturated rings. The minimum absolute atomic E-state index is 0.336. The van der Waals surface area contributed by atoms with Gasteiger partial charge in [-0.15, -0.1) is 0 Å². The highest BCUT2D eigenvalue weighted by Gasteiger charge is 2.09. The molecule has 4 nitrogen and oxygen atoms in total. The highest BCUT2D eigenvalue weighted by Crippen LogP contribution is 2.24. The number of carbonyl (C=O) groups excluding carboxylic acids is 1. The summed E-state index contributed by atoms with van der Waals surface area (Å²) in [4.78, 5) is 15.8. The van der Waals surface area contributed by atoms with Crippen LogP contribution in [0.5, 0.6) is 0 Å². The molecule has 0 atom stereocenters. The van der Waals surface area contributed by atoms with Crippen molar-refractivity contribution in [3.63, 3.8) is 0 Å². The van der Waals surface area contributed by atoms with E-state index in [1.165, 1.54) is 6.08 Å². The van der Waals surface area contributed by atoms with Gasteiger partial charge in [-0.05, 0) is 37.1 Å². The molecule has 0 bridgehead atoms. The first kappa shape index (κ1) is 16.7. The number of ether oxygens (including phenoxy) is 1. The zero-order chi connectivity index (χ0) is 17.5. The maximum absolute atomic E-state index is 11.2. The van der Waals surface area contributed by atoms with E-state index in [0.717, 1.165) is 28.7 Å². The SMILES string of the molecule is CCOC(=O)/C=C/C=C/C1=CCC=C(c2nc3ccccc3o2)C=C1. The predicted molar refractivity (Wildman–Crippen MR) is 98.7 cm³/mol. The van der Waals surface area contributed by atoms with Crippen LogP contribution in [0, 0.1) is 0 Å². The lowest BCUT2D eigenvalue weighted by molar-refractivity contribution is -0.137. The molecular formula is C21H19NO3. The van der Waals surface area contributed by atoms with Crippen molar-refractivity contribution in [1.82, 2.24) is 4.98 Å². The van der Waals surface area contributed by atoms with E-state index >= 15 is 0 Å². The Hall–Kier alpha value is -3.14. The second-order valence-electron chi connectivity index (χ2n) is 5.39. The average Bonchev–Trinajstić information content (AvgIpc) is 2.91. The Balaban J connectivity index is 1.67. The molecule has 126 valence electrons. The molecule has 1 heterocycles. The number of carbonyl (C=O) groups is 1. The van der Waals surface area contributed by atoms with Gasteiger partial charge in [-0.2, -0.15) is 0 Å². The van der Waals surface area contributed by atoms with Crippen molar-refractivity contribution in [2.24, 2.45) is 0 Å². The summed E-state index contributed by atoms with van der Waals surface area (Å²) in [6.45, 7) is 2.16. The Morgan fingerprint density at radius 1 is 1.24 bits per heavy atom. The number of oxazole rings is 1. The maximum Gasteiger partial charge on any atom is 0.330 e. The van der Waals surface area contributed by atoms with E-state index in [-0.39, 0.29) is 5.97 Å². The van der Waals surface area contributed by atoms with Gasteiger partial charge in [0.05, 0.1) is 6.61 Å². The van der Waals surface area contributed by atoms with Crippen LogP contribution in [-0.4, -0.2) is 17.6 Å². The first-order valence-corrected chi connectivity index (χ1v) is 8.22. The lowest BCUT2D eigenvalue weighted by Crippen LogP contribution is -1.98. The normalized spacial score (nSPS) is 14.8. The lowest BCUT2D eigenvalue weighted by Gasteiger charge is -1.93. The van der Waals surface area contributed by atoms with E-state index in [1.807, 2.05) is 48.6 Å². The second-order valence-corrected chi connectivity index (χ2v) is 5.39. The van der Waals surface area contributed by atoms with Gasteiger partial charge in [-0.1, -0.05) is 48.6 Å². The zero-order valence-electron chi connectivity index (χ0n) is 14.0. The minimum Gasteiger partial charge on any atom is -0.463 e. The van der Waals surface area contributed by atoms with Crippen molar-refractivity contribution in [2.75, 3.05) is 6.61 Å². The molecule has 0 aliphatic heterocycles. The third-order valence-corrected chi connectivity index (χ3v) is 3.61. The molecular weight excluding hydrogens is 314 g/mol. The Labute approximate surface area is 146 Å². The Morgan fingerprint density at radius 3 is 2.96 bits per heavy atom. The van der Waals surface area contributed by atoms with Crippen LogP contribution in [0.25, 0.3) is 16.7 Å². The monoisotopic (exact) mass is 333 g/mol. The van der Waals surface area contributed by atoms with E-state index in [2.05, 4.69) is 17.1 Å². The number of benzene rings is 1.